The minimum atomic E-state index is -0.0501. The van der Waals surface area contributed by atoms with Crippen molar-refractivity contribution in [3.63, 3.8) is 0 Å². The maximum absolute atomic E-state index is 11.7. The van der Waals surface area contributed by atoms with Crippen LogP contribution in [0.4, 0.5) is 5.82 Å². The van der Waals surface area contributed by atoms with Gasteiger partial charge in [-0.1, -0.05) is 6.07 Å². The number of carbonyl (C=O) groups excluding carboxylic acids is 1. The standard InChI is InChI=1S/C15H15N5OS/c21-15(12-4-3-11-22-12)17-8-7-16-13-5-6-14(19-18-13)20-9-1-2-10-20/h1-6,9-11H,7-8H2,(H,16,18)(H,17,21). The Bertz CT molecular complexity index is 707. The average Bonchev–Trinajstić information content (AvgIpc) is 3.25. The van der Waals surface area contributed by atoms with Crippen LogP contribution in [0.25, 0.3) is 5.82 Å². The Morgan fingerprint density at radius 2 is 1.95 bits per heavy atom. The smallest absolute Gasteiger partial charge is 0.261 e. The predicted molar refractivity (Wildman–Crippen MR) is 86.5 cm³/mol. The van der Waals surface area contributed by atoms with Gasteiger partial charge in [0.1, 0.15) is 5.82 Å². The molecule has 0 unspecified atom stereocenters. The fourth-order valence-electron chi connectivity index (χ4n) is 1.91. The summed E-state index contributed by atoms with van der Waals surface area (Å²) in [5, 5.41) is 16.1. The van der Waals surface area contributed by atoms with Gasteiger partial charge in [-0.15, -0.1) is 21.5 Å². The summed E-state index contributed by atoms with van der Waals surface area (Å²) < 4.78 is 1.89. The number of nitrogens with one attached hydrogen (secondary N) is 2. The third kappa shape index (κ3) is 3.50. The number of anilines is 1. The Balaban J connectivity index is 1.45. The molecule has 112 valence electrons. The molecule has 3 aromatic heterocycles. The first kappa shape index (κ1) is 14.3. The van der Waals surface area contributed by atoms with E-state index in [9.17, 15) is 4.79 Å². The van der Waals surface area contributed by atoms with Crippen molar-refractivity contribution in [2.45, 2.75) is 0 Å². The molecular weight excluding hydrogens is 298 g/mol. The molecule has 6 nitrogen and oxygen atoms in total. The molecule has 0 aliphatic rings. The van der Waals surface area contributed by atoms with Crippen LogP contribution in [0, 0.1) is 0 Å². The molecule has 0 aromatic carbocycles. The van der Waals surface area contributed by atoms with E-state index in [1.54, 1.807) is 6.07 Å². The molecule has 0 saturated heterocycles. The first-order valence-electron chi connectivity index (χ1n) is 6.85. The zero-order chi connectivity index (χ0) is 15.2. The third-order valence-corrected chi connectivity index (χ3v) is 3.85. The van der Waals surface area contributed by atoms with Gasteiger partial charge in [0.25, 0.3) is 5.91 Å². The summed E-state index contributed by atoms with van der Waals surface area (Å²) in [6.45, 7) is 1.12. The number of nitrogens with zero attached hydrogens (tertiary/aromatic N) is 3. The second-order valence-corrected chi connectivity index (χ2v) is 5.47. The maximum atomic E-state index is 11.7. The second kappa shape index (κ2) is 6.86. The molecule has 1 amide bonds. The highest BCUT2D eigenvalue weighted by molar-refractivity contribution is 7.12. The number of rotatable bonds is 6. The zero-order valence-corrected chi connectivity index (χ0v) is 12.6. The van der Waals surface area contributed by atoms with Crippen molar-refractivity contribution in [2.75, 3.05) is 18.4 Å². The first-order valence-corrected chi connectivity index (χ1v) is 7.73. The van der Waals surface area contributed by atoms with Crippen molar-refractivity contribution in [3.8, 4) is 5.82 Å². The van der Waals surface area contributed by atoms with E-state index in [1.165, 1.54) is 11.3 Å². The van der Waals surface area contributed by atoms with Crippen molar-refractivity contribution >= 4 is 23.1 Å². The molecule has 3 rings (SSSR count). The van der Waals surface area contributed by atoms with Crippen molar-refractivity contribution in [3.05, 3.63) is 59.0 Å². The lowest BCUT2D eigenvalue weighted by atomic mass is 10.4. The quantitative estimate of drug-likeness (QED) is 0.684. The lowest BCUT2D eigenvalue weighted by Gasteiger charge is -2.07. The Morgan fingerprint density at radius 3 is 2.64 bits per heavy atom. The van der Waals surface area contributed by atoms with Crippen LogP contribution in [-0.4, -0.2) is 33.8 Å². The highest BCUT2D eigenvalue weighted by atomic mass is 32.1. The summed E-state index contributed by atoms with van der Waals surface area (Å²) in [6.07, 6.45) is 3.83. The molecule has 0 aliphatic carbocycles. The van der Waals surface area contributed by atoms with Crippen molar-refractivity contribution in [2.24, 2.45) is 0 Å². The van der Waals surface area contributed by atoms with Gasteiger partial charge in [-0.05, 0) is 35.7 Å². The Morgan fingerprint density at radius 1 is 1.09 bits per heavy atom. The molecular formula is C15H15N5OS. The van der Waals surface area contributed by atoms with Gasteiger partial charge >= 0.3 is 0 Å². The van der Waals surface area contributed by atoms with E-state index in [-0.39, 0.29) is 5.91 Å². The SMILES string of the molecule is O=C(NCCNc1ccc(-n2cccc2)nn1)c1cccs1. The Labute approximate surface area is 131 Å². The van der Waals surface area contributed by atoms with Crippen LogP contribution in [0.3, 0.4) is 0 Å². The summed E-state index contributed by atoms with van der Waals surface area (Å²) >= 11 is 1.43. The Kier molecular flexibility index (Phi) is 4.45. The van der Waals surface area contributed by atoms with Crippen molar-refractivity contribution < 1.29 is 4.79 Å². The van der Waals surface area contributed by atoms with E-state index in [0.29, 0.717) is 18.9 Å². The highest BCUT2D eigenvalue weighted by Crippen LogP contribution is 2.08. The molecule has 0 saturated carbocycles. The van der Waals surface area contributed by atoms with Crippen LogP contribution < -0.4 is 10.6 Å². The molecule has 3 heterocycles. The maximum Gasteiger partial charge on any atom is 0.261 e. The van der Waals surface area contributed by atoms with Gasteiger partial charge < -0.3 is 15.2 Å². The number of amides is 1. The summed E-state index contributed by atoms with van der Waals surface area (Å²) in [5.74, 6) is 1.40. The molecule has 0 aliphatic heterocycles. The van der Waals surface area contributed by atoms with E-state index in [2.05, 4.69) is 20.8 Å². The molecule has 0 radical (unpaired) electrons. The molecule has 3 aromatic rings. The molecule has 0 atom stereocenters. The fraction of sp³-hybridized carbons (Fsp3) is 0.133. The Hall–Kier alpha value is -2.67. The molecule has 0 spiro atoms. The number of aromatic nitrogens is 3. The summed E-state index contributed by atoms with van der Waals surface area (Å²) in [5.41, 5.74) is 0. The fourth-order valence-corrected chi connectivity index (χ4v) is 2.55. The number of hydrogen-bond donors (Lipinski definition) is 2. The second-order valence-electron chi connectivity index (χ2n) is 4.53. The van der Waals surface area contributed by atoms with Crippen LogP contribution in [-0.2, 0) is 0 Å². The summed E-state index contributed by atoms with van der Waals surface area (Å²) in [6, 6.07) is 11.3. The monoisotopic (exact) mass is 313 g/mol. The molecule has 7 heteroatoms. The van der Waals surface area contributed by atoms with Crippen LogP contribution >= 0.6 is 11.3 Å². The van der Waals surface area contributed by atoms with Crippen LogP contribution in [0.15, 0.2) is 54.2 Å². The molecule has 2 N–H and O–H groups in total. The predicted octanol–water partition coefficient (Wildman–Crippen LogP) is 2.17. The van der Waals surface area contributed by atoms with E-state index < -0.39 is 0 Å². The minimum absolute atomic E-state index is 0.0501. The zero-order valence-electron chi connectivity index (χ0n) is 11.8. The third-order valence-electron chi connectivity index (χ3n) is 2.98. The van der Waals surface area contributed by atoms with Crippen molar-refractivity contribution in [1.82, 2.24) is 20.1 Å². The van der Waals surface area contributed by atoms with Gasteiger partial charge in [-0.25, -0.2) is 0 Å². The number of thiophene rings is 1. The van der Waals surface area contributed by atoms with Gasteiger partial charge in [0, 0.05) is 25.5 Å². The van der Waals surface area contributed by atoms with Gasteiger partial charge in [0.15, 0.2) is 5.82 Å². The normalized spacial score (nSPS) is 10.4. The largest absolute Gasteiger partial charge is 0.367 e. The minimum Gasteiger partial charge on any atom is -0.367 e. The van der Waals surface area contributed by atoms with E-state index in [4.69, 9.17) is 0 Å². The van der Waals surface area contributed by atoms with Gasteiger partial charge in [0.2, 0.25) is 0 Å². The van der Waals surface area contributed by atoms with Crippen molar-refractivity contribution in [1.29, 1.82) is 0 Å². The summed E-state index contributed by atoms with van der Waals surface area (Å²) in [4.78, 5) is 12.5. The van der Waals surface area contributed by atoms with Crippen LogP contribution in [0.2, 0.25) is 0 Å². The lowest BCUT2D eigenvalue weighted by Crippen LogP contribution is -2.28. The van der Waals surface area contributed by atoms with Gasteiger partial charge in [-0.3, -0.25) is 4.79 Å². The van der Waals surface area contributed by atoms with Gasteiger partial charge in [-0.2, -0.15) is 0 Å². The van der Waals surface area contributed by atoms with E-state index >= 15 is 0 Å². The van der Waals surface area contributed by atoms with E-state index in [0.717, 1.165) is 10.7 Å². The first-order chi connectivity index (χ1) is 10.8. The average molecular weight is 313 g/mol. The van der Waals surface area contributed by atoms with E-state index in [1.807, 2.05) is 52.7 Å². The molecule has 0 fully saturated rings. The topological polar surface area (TPSA) is 71.8 Å². The number of hydrogen-bond acceptors (Lipinski definition) is 5. The molecule has 0 bridgehead atoms. The van der Waals surface area contributed by atoms with Crippen LogP contribution in [0.5, 0.6) is 0 Å². The number of carbonyl (C=O) groups is 1. The summed E-state index contributed by atoms with van der Waals surface area (Å²) in [7, 11) is 0. The lowest BCUT2D eigenvalue weighted by molar-refractivity contribution is 0.0959. The van der Waals surface area contributed by atoms with Gasteiger partial charge in [0.05, 0.1) is 4.88 Å². The highest BCUT2D eigenvalue weighted by Gasteiger charge is 2.04. The molecule has 22 heavy (non-hydrogen) atoms. The van der Waals surface area contributed by atoms with Crippen LogP contribution in [0.1, 0.15) is 9.67 Å².